The van der Waals surface area contributed by atoms with Gasteiger partial charge in [0.05, 0.1) is 6.61 Å². The van der Waals surface area contributed by atoms with E-state index in [1.807, 2.05) is 23.0 Å². The standard InChI is InChI=1S/C8H16INO/c1-10-5-4-8(7-10)3-2-6-11-9/h8H,2-7H2,1H3. The summed E-state index contributed by atoms with van der Waals surface area (Å²) >= 11 is 1.97. The molecule has 3 heteroatoms. The molecule has 1 aliphatic rings. The van der Waals surface area contributed by atoms with Gasteiger partial charge in [-0.1, -0.05) is 0 Å². The van der Waals surface area contributed by atoms with Crippen LogP contribution < -0.4 is 0 Å². The molecule has 0 spiro atoms. The average Bonchev–Trinajstić information content (AvgIpc) is 2.37. The summed E-state index contributed by atoms with van der Waals surface area (Å²) in [5, 5.41) is 0. The highest BCUT2D eigenvalue weighted by atomic mass is 127. The maximum atomic E-state index is 4.98. The molecule has 1 unspecified atom stereocenters. The molecular formula is C8H16INO. The van der Waals surface area contributed by atoms with Gasteiger partial charge >= 0.3 is 0 Å². The van der Waals surface area contributed by atoms with Crippen molar-refractivity contribution in [3.05, 3.63) is 0 Å². The van der Waals surface area contributed by atoms with Crippen LogP contribution in [0.2, 0.25) is 0 Å². The third-order valence-electron chi connectivity index (χ3n) is 2.32. The Labute approximate surface area is 83.0 Å². The van der Waals surface area contributed by atoms with Crippen molar-refractivity contribution in [2.45, 2.75) is 19.3 Å². The molecule has 0 radical (unpaired) electrons. The fourth-order valence-corrected chi connectivity index (χ4v) is 2.00. The fourth-order valence-electron chi connectivity index (χ4n) is 1.69. The number of halogens is 1. The second-order valence-electron chi connectivity index (χ2n) is 3.37. The van der Waals surface area contributed by atoms with Gasteiger partial charge in [-0.25, -0.2) is 0 Å². The predicted molar refractivity (Wildman–Crippen MR) is 54.8 cm³/mol. The molecule has 1 atom stereocenters. The molecule has 0 aliphatic carbocycles. The van der Waals surface area contributed by atoms with Gasteiger partial charge in [-0.05, 0) is 38.8 Å². The van der Waals surface area contributed by atoms with E-state index in [1.54, 1.807) is 0 Å². The van der Waals surface area contributed by atoms with Crippen molar-refractivity contribution in [1.29, 1.82) is 0 Å². The summed E-state index contributed by atoms with van der Waals surface area (Å²) in [5.41, 5.74) is 0. The summed E-state index contributed by atoms with van der Waals surface area (Å²) in [6.45, 7) is 3.50. The minimum Gasteiger partial charge on any atom is -0.316 e. The smallest absolute Gasteiger partial charge is 0.109 e. The highest BCUT2D eigenvalue weighted by Gasteiger charge is 2.18. The van der Waals surface area contributed by atoms with Crippen LogP contribution in [0.25, 0.3) is 0 Å². The first-order valence-electron chi connectivity index (χ1n) is 4.25. The topological polar surface area (TPSA) is 12.5 Å². The highest BCUT2D eigenvalue weighted by Crippen LogP contribution is 2.19. The van der Waals surface area contributed by atoms with Crippen LogP contribution in [0, 0.1) is 5.92 Å². The van der Waals surface area contributed by atoms with E-state index in [2.05, 4.69) is 11.9 Å². The van der Waals surface area contributed by atoms with Gasteiger partial charge in [0.1, 0.15) is 23.0 Å². The zero-order chi connectivity index (χ0) is 8.10. The van der Waals surface area contributed by atoms with Crippen molar-refractivity contribution >= 4 is 23.0 Å². The number of nitrogens with zero attached hydrogens (tertiary/aromatic N) is 1. The van der Waals surface area contributed by atoms with E-state index in [0.29, 0.717) is 0 Å². The molecule has 1 rings (SSSR count). The Hall–Kier alpha value is 0.650. The van der Waals surface area contributed by atoms with Crippen LogP contribution >= 0.6 is 23.0 Å². The summed E-state index contributed by atoms with van der Waals surface area (Å²) < 4.78 is 4.98. The molecule has 0 aromatic rings. The number of rotatable bonds is 4. The minimum absolute atomic E-state index is 0.917. The van der Waals surface area contributed by atoms with Crippen molar-refractivity contribution in [3.8, 4) is 0 Å². The van der Waals surface area contributed by atoms with Crippen molar-refractivity contribution in [3.63, 3.8) is 0 Å². The van der Waals surface area contributed by atoms with Gasteiger partial charge in [-0.3, -0.25) is 0 Å². The van der Waals surface area contributed by atoms with Crippen molar-refractivity contribution in [2.24, 2.45) is 5.92 Å². The molecule has 0 saturated carbocycles. The molecule has 0 aromatic carbocycles. The molecule has 66 valence electrons. The Morgan fingerprint density at radius 2 is 2.45 bits per heavy atom. The number of hydrogen-bond acceptors (Lipinski definition) is 2. The normalized spacial score (nSPS) is 26.2. The molecule has 0 N–H and O–H groups in total. The van der Waals surface area contributed by atoms with E-state index in [0.717, 1.165) is 12.5 Å². The summed E-state index contributed by atoms with van der Waals surface area (Å²) in [5.74, 6) is 0.937. The van der Waals surface area contributed by atoms with E-state index in [9.17, 15) is 0 Å². The van der Waals surface area contributed by atoms with E-state index in [4.69, 9.17) is 3.07 Å². The third-order valence-corrected chi connectivity index (χ3v) is 2.76. The number of likely N-dealkylation sites (tertiary alicyclic amines) is 1. The lowest BCUT2D eigenvalue weighted by Crippen LogP contribution is -2.14. The Bertz CT molecular complexity index is 110. The summed E-state index contributed by atoms with van der Waals surface area (Å²) in [6.07, 6.45) is 3.95. The monoisotopic (exact) mass is 269 g/mol. The van der Waals surface area contributed by atoms with Gasteiger partial charge < -0.3 is 7.97 Å². The van der Waals surface area contributed by atoms with Crippen LogP contribution in [0.4, 0.5) is 0 Å². The molecule has 1 fully saturated rings. The fraction of sp³-hybridized carbons (Fsp3) is 1.00. The number of hydrogen-bond donors (Lipinski definition) is 0. The Morgan fingerprint density at radius 1 is 1.64 bits per heavy atom. The van der Waals surface area contributed by atoms with E-state index >= 15 is 0 Å². The molecule has 0 bridgehead atoms. The second kappa shape index (κ2) is 5.32. The maximum absolute atomic E-state index is 4.98. The molecule has 0 amide bonds. The van der Waals surface area contributed by atoms with Crippen molar-refractivity contribution < 1.29 is 3.07 Å². The van der Waals surface area contributed by atoms with Crippen molar-refractivity contribution in [2.75, 3.05) is 26.7 Å². The van der Waals surface area contributed by atoms with Gasteiger partial charge in [0, 0.05) is 6.54 Å². The molecule has 0 aromatic heterocycles. The lowest BCUT2D eigenvalue weighted by atomic mass is 10.0. The van der Waals surface area contributed by atoms with Crippen LogP contribution in [0.15, 0.2) is 0 Å². The third kappa shape index (κ3) is 3.71. The molecule has 2 nitrogen and oxygen atoms in total. The molecule has 11 heavy (non-hydrogen) atoms. The Kier molecular flexibility index (Phi) is 4.71. The maximum Gasteiger partial charge on any atom is 0.109 e. The first-order valence-corrected chi connectivity index (χ1v) is 5.13. The van der Waals surface area contributed by atoms with Gasteiger partial charge in [0.15, 0.2) is 0 Å². The van der Waals surface area contributed by atoms with Crippen LogP contribution in [0.1, 0.15) is 19.3 Å². The van der Waals surface area contributed by atoms with Gasteiger partial charge in [0.25, 0.3) is 0 Å². The average molecular weight is 269 g/mol. The van der Waals surface area contributed by atoms with E-state index < -0.39 is 0 Å². The van der Waals surface area contributed by atoms with E-state index in [1.165, 1.54) is 32.4 Å². The van der Waals surface area contributed by atoms with E-state index in [-0.39, 0.29) is 0 Å². The zero-order valence-electron chi connectivity index (χ0n) is 7.05. The molecule has 1 saturated heterocycles. The molecular weight excluding hydrogens is 253 g/mol. The Balaban J connectivity index is 1.99. The second-order valence-corrected chi connectivity index (χ2v) is 4.00. The van der Waals surface area contributed by atoms with Gasteiger partial charge in [-0.2, -0.15) is 0 Å². The summed E-state index contributed by atoms with van der Waals surface area (Å²) in [4.78, 5) is 2.41. The van der Waals surface area contributed by atoms with Crippen LogP contribution in [-0.2, 0) is 3.07 Å². The molecule has 1 heterocycles. The SMILES string of the molecule is CN1CCC(CCCOI)C1. The van der Waals surface area contributed by atoms with Crippen LogP contribution in [0.3, 0.4) is 0 Å². The predicted octanol–water partition coefficient (Wildman–Crippen LogP) is 2.08. The van der Waals surface area contributed by atoms with Crippen LogP contribution in [0.5, 0.6) is 0 Å². The van der Waals surface area contributed by atoms with Gasteiger partial charge in [-0.15, -0.1) is 0 Å². The summed E-state index contributed by atoms with van der Waals surface area (Å²) in [7, 11) is 2.20. The molecule has 1 aliphatic heterocycles. The lowest BCUT2D eigenvalue weighted by Gasteiger charge is -2.08. The first kappa shape index (κ1) is 9.74. The summed E-state index contributed by atoms with van der Waals surface area (Å²) in [6, 6.07) is 0. The largest absolute Gasteiger partial charge is 0.316 e. The Morgan fingerprint density at radius 3 is 3.00 bits per heavy atom. The van der Waals surface area contributed by atoms with Crippen molar-refractivity contribution in [1.82, 2.24) is 4.90 Å². The highest BCUT2D eigenvalue weighted by molar-refractivity contribution is 14.1. The first-order chi connectivity index (χ1) is 5.33. The van der Waals surface area contributed by atoms with Crippen LogP contribution in [-0.4, -0.2) is 31.6 Å². The lowest BCUT2D eigenvalue weighted by molar-refractivity contribution is 0.354. The zero-order valence-corrected chi connectivity index (χ0v) is 9.21. The minimum atomic E-state index is 0.917. The van der Waals surface area contributed by atoms with Gasteiger partial charge in [0.2, 0.25) is 0 Å². The quantitative estimate of drug-likeness (QED) is 0.572.